The lowest BCUT2D eigenvalue weighted by molar-refractivity contribution is -0.157. The van der Waals surface area contributed by atoms with E-state index in [0.717, 1.165) is 0 Å². The first-order chi connectivity index (χ1) is 11.4. The Labute approximate surface area is 140 Å². The van der Waals surface area contributed by atoms with Crippen LogP contribution in [-0.4, -0.2) is 32.1 Å². The van der Waals surface area contributed by atoms with Gasteiger partial charge in [0.25, 0.3) is 0 Å². The van der Waals surface area contributed by atoms with Gasteiger partial charge in [0.2, 0.25) is 0 Å². The third kappa shape index (κ3) is 2.81. The fourth-order valence-corrected chi connectivity index (χ4v) is 2.95. The number of esters is 1. The van der Waals surface area contributed by atoms with Crippen LogP contribution in [0.1, 0.15) is 26.3 Å². The van der Waals surface area contributed by atoms with Gasteiger partial charge in [-0.25, -0.2) is 9.59 Å². The summed E-state index contributed by atoms with van der Waals surface area (Å²) in [6.45, 7) is 5.35. The molecule has 1 aromatic rings. The predicted octanol–water partition coefficient (Wildman–Crippen LogP) is 2.03. The number of hydrogen-bond acceptors (Lipinski definition) is 6. The number of benzene rings is 1. The lowest BCUT2D eigenvalue weighted by Crippen LogP contribution is -2.62. The third-order valence-corrected chi connectivity index (χ3v) is 4.08. The molecule has 1 heterocycles. The summed E-state index contributed by atoms with van der Waals surface area (Å²) in [5.74, 6) is -1.11. The number of carbonyl (C=O) groups is 3. The van der Waals surface area contributed by atoms with Crippen molar-refractivity contribution in [1.29, 1.82) is 0 Å². The van der Waals surface area contributed by atoms with Crippen LogP contribution in [0.25, 0.3) is 0 Å². The average Bonchev–Trinajstić information content (AvgIpc) is 2.54. The highest BCUT2D eigenvalue weighted by Gasteiger charge is 2.55. The Balaban J connectivity index is 2.76. The SMILES string of the molecule is CCOC(=O)[C@]1([C@H](C=O)C(C)C)NC(=O)Oc2ccc(OC)cc21. The summed E-state index contributed by atoms with van der Waals surface area (Å²) < 4.78 is 15.6. The van der Waals surface area contributed by atoms with Crippen molar-refractivity contribution in [2.24, 2.45) is 11.8 Å². The average molecular weight is 335 g/mol. The summed E-state index contributed by atoms with van der Waals surface area (Å²) in [5, 5.41) is 2.53. The van der Waals surface area contributed by atoms with Gasteiger partial charge in [-0.1, -0.05) is 13.8 Å². The van der Waals surface area contributed by atoms with E-state index >= 15 is 0 Å². The summed E-state index contributed by atoms with van der Waals surface area (Å²) in [7, 11) is 1.48. The molecular formula is C17H21NO6. The van der Waals surface area contributed by atoms with Crippen molar-refractivity contribution in [3.63, 3.8) is 0 Å². The molecule has 1 aliphatic rings. The fourth-order valence-electron chi connectivity index (χ4n) is 2.95. The maximum Gasteiger partial charge on any atom is 0.413 e. The van der Waals surface area contributed by atoms with Crippen molar-refractivity contribution >= 4 is 18.3 Å². The summed E-state index contributed by atoms with van der Waals surface area (Å²) >= 11 is 0. The Morgan fingerprint density at radius 3 is 2.67 bits per heavy atom. The number of hydrogen-bond donors (Lipinski definition) is 1. The van der Waals surface area contributed by atoms with E-state index < -0.39 is 23.5 Å². The van der Waals surface area contributed by atoms with Gasteiger partial charge in [-0.2, -0.15) is 0 Å². The molecule has 7 nitrogen and oxygen atoms in total. The van der Waals surface area contributed by atoms with Gasteiger partial charge in [-0.05, 0) is 31.0 Å². The minimum atomic E-state index is -1.66. The van der Waals surface area contributed by atoms with Gasteiger partial charge in [0.05, 0.1) is 19.6 Å². The van der Waals surface area contributed by atoms with Crippen molar-refractivity contribution in [2.75, 3.05) is 13.7 Å². The minimum Gasteiger partial charge on any atom is -0.497 e. The second-order valence-electron chi connectivity index (χ2n) is 5.81. The number of carbonyl (C=O) groups excluding carboxylic acids is 3. The highest BCUT2D eigenvalue weighted by atomic mass is 16.6. The molecule has 0 spiro atoms. The number of aldehydes is 1. The molecule has 2 rings (SSSR count). The van der Waals surface area contributed by atoms with Crippen LogP contribution in [0.15, 0.2) is 18.2 Å². The molecule has 1 amide bonds. The summed E-state index contributed by atoms with van der Waals surface area (Å²) in [5.41, 5.74) is -1.32. The smallest absolute Gasteiger partial charge is 0.413 e. The van der Waals surface area contributed by atoms with Crippen LogP contribution in [-0.2, 0) is 19.9 Å². The monoisotopic (exact) mass is 335 g/mol. The molecule has 0 aromatic heterocycles. The molecule has 0 saturated carbocycles. The molecule has 2 atom stereocenters. The number of rotatable bonds is 6. The zero-order valence-corrected chi connectivity index (χ0v) is 14.1. The maximum absolute atomic E-state index is 12.8. The number of nitrogens with one attached hydrogen (secondary N) is 1. The van der Waals surface area contributed by atoms with Crippen molar-refractivity contribution < 1.29 is 28.6 Å². The van der Waals surface area contributed by atoms with Gasteiger partial charge < -0.3 is 24.3 Å². The van der Waals surface area contributed by atoms with Gasteiger partial charge in [-0.15, -0.1) is 0 Å². The summed E-state index contributed by atoms with van der Waals surface area (Å²) in [4.78, 5) is 36.7. The van der Waals surface area contributed by atoms with E-state index in [1.54, 1.807) is 32.9 Å². The molecule has 0 unspecified atom stereocenters. The zero-order valence-electron chi connectivity index (χ0n) is 14.1. The van der Waals surface area contributed by atoms with Crippen LogP contribution < -0.4 is 14.8 Å². The van der Waals surface area contributed by atoms with E-state index in [2.05, 4.69) is 5.32 Å². The second kappa shape index (κ2) is 6.90. The standard InChI is InChI=1S/C17H21NO6/c1-5-23-15(20)17(13(9-19)10(2)3)12-8-11(22-4)6-7-14(12)24-16(21)18-17/h6-10,13H,5H2,1-4H3,(H,18,21)/t13-,17+/m1/s1. The Hall–Kier alpha value is -2.57. The highest BCUT2D eigenvalue weighted by molar-refractivity contribution is 5.94. The predicted molar refractivity (Wildman–Crippen MR) is 84.9 cm³/mol. The fraction of sp³-hybridized carbons (Fsp3) is 0.471. The van der Waals surface area contributed by atoms with E-state index in [1.165, 1.54) is 13.2 Å². The van der Waals surface area contributed by atoms with Crippen molar-refractivity contribution in [3.8, 4) is 11.5 Å². The van der Waals surface area contributed by atoms with Crippen molar-refractivity contribution in [3.05, 3.63) is 23.8 Å². The van der Waals surface area contributed by atoms with Crippen molar-refractivity contribution in [2.45, 2.75) is 26.3 Å². The van der Waals surface area contributed by atoms with Gasteiger partial charge in [0, 0.05) is 5.56 Å². The first-order valence-electron chi connectivity index (χ1n) is 7.71. The van der Waals surface area contributed by atoms with Crippen LogP contribution in [0.2, 0.25) is 0 Å². The van der Waals surface area contributed by atoms with Gasteiger partial charge in [-0.3, -0.25) is 0 Å². The van der Waals surface area contributed by atoms with Crippen molar-refractivity contribution in [1.82, 2.24) is 5.32 Å². The first kappa shape index (κ1) is 17.8. The van der Waals surface area contributed by atoms with E-state index in [-0.39, 0.29) is 18.3 Å². The number of ether oxygens (including phenoxy) is 3. The molecule has 1 aliphatic heterocycles. The molecule has 130 valence electrons. The molecule has 1 aromatic carbocycles. The highest BCUT2D eigenvalue weighted by Crippen LogP contribution is 2.43. The number of amides is 1. The van der Waals surface area contributed by atoms with Crippen LogP contribution in [0.4, 0.5) is 4.79 Å². The molecule has 7 heteroatoms. The summed E-state index contributed by atoms with van der Waals surface area (Å²) in [6, 6.07) is 4.71. The third-order valence-electron chi connectivity index (χ3n) is 4.08. The molecule has 0 saturated heterocycles. The lowest BCUT2D eigenvalue weighted by atomic mass is 9.72. The molecule has 24 heavy (non-hydrogen) atoms. The first-order valence-corrected chi connectivity index (χ1v) is 7.71. The Morgan fingerprint density at radius 2 is 2.12 bits per heavy atom. The van der Waals surface area contributed by atoms with E-state index in [0.29, 0.717) is 17.6 Å². The maximum atomic E-state index is 12.8. The van der Waals surface area contributed by atoms with E-state index in [1.807, 2.05) is 0 Å². The quantitative estimate of drug-likeness (QED) is 0.632. The van der Waals surface area contributed by atoms with Gasteiger partial charge in [0.15, 0.2) is 5.54 Å². The zero-order chi connectivity index (χ0) is 17.9. The topological polar surface area (TPSA) is 90.9 Å². The van der Waals surface area contributed by atoms with Gasteiger partial charge >= 0.3 is 12.1 Å². The molecule has 0 radical (unpaired) electrons. The Morgan fingerprint density at radius 1 is 1.42 bits per heavy atom. The molecule has 1 N–H and O–H groups in total. The van der Waals surface area contributed by atoms with Gasteiger partial charge in [0.1, 0.15) is 17.8 Å². The largest absolute Gasteiger partial charge is 0.497 e. The Kier molecular flexibility index (Phi) is 5.11. The Bertz CT molecular complexity index is 656. The minimum absolute atomic E-state index is 0.111. The molecule has 0 bridgehead atoms. The van der Waals surface area contributed by atoms with Crippen LogP contribution >= 0.6 is 0 Å². The summed E-state index contributed by atoms with van der Waals surface area (Å²) in [6.07, 6.45) is -0.149. The van der Waals surface area contributed by atoms with E-state index in [9.17, 15) is 14.4 Å². The number of methoxy groups -OCH3 is 1. The van der Waals surface area contributed by atoms with Crippen LogP contribution in [0, 0.1) is 11.8 Å². The van der Waals surface area contributed by atoms with E-state index in [4.69, 9.17) is 14.2 Å². The van der Waals surface area contributed by atoms with Crippen LogP contribution in [0.5, 0.6) is 11.5 Å². The molecular weight excluding hydrogens is 314 g/mol. The lowest BCUT2D eigenvalue weighted by Gasteiger charge is -2.41. The molecule has 0 aliphatic carbocycles. The second-order valence-corrected chi connectivity index (χ2v) is 5.81. The van der Waals surface area contributed by atoms with Crippen LogP contribution in [0.3, 0.4) is 0 Å². The molecule has 0 fully saturated rings. The normalized spacial score (nSPS) is 20.5. The number of fused-ring (bicyclic) bond motifs is 1.